The lowest BCUT2D eigenvalue weighted by Gasteiger charge is -2.31. The van der Waals surface area contributed by atoms with Crippen LogP contribution in [0.1, 0.15) is 28.8 Å². The Bertz CT molecular complexity index is 889. The summed E-state index contributed by atoms with van der Waals surface area (Å²) >= 11 is 3.31. The van der Waals surface area contributed by atoms with Crippen LogP contribution in [0.25, 0.3) is 0 Å². The Balaban J connectivity index is 1.61. The molecule has 1 saturated heterocycles. The summed E-state index contributed by atoms with van der Waals surface area (Å²) in [5.74, 6) is -0.0997. The molecule has 2 aromatic carbocycles. The first-order valence-corrected chi connectivity index (χ1v) is 10.7. The number of hydrogen-bond acceptors (Lipinski definition) is 3. The molecule has 0 bridgehead atoms. The van der Waals surface area contributed by atoms with Crippen LogP contribution in [0, 0.1) is 6.92 Å². The van der Waals surface area contributed by atoms with E-state index in [2.05, 4.69) is 21.2 Å². The number of nitrogens with one attached hydrogen (secondary N) is 1. The third-order valence-electron chi connectivity index (χ3n) is 4.63. The number of carbonyl (C=O) groups is 1. The van der Waals surface area contributed by atoms with Crippen molar-refractivity contribution >= 4 is 31.9 Å². The fourth-order valence-electron chi connectivity index (χ4n) is 3.09. The van der Waals surface area contributed by atoms with Gasteiger partial charge in [0.2, 0.25) is 10.0 Å². The number of piperidine rings is 1. The lowest BCUT2D eigenvalue weighted by molar-refractivity contribution is 0.0923. The Labute approximate surface area is 162 Å². The van der Waals surface area contributed by atoms with Crippen molar-refractivity contribution in [3.8, 4) is 0 Å². The first kappa shape index (κ1) is 19.1. The number of halogens is 1. The van der Waals surface area contributed by atoms with Gasteiger partial charge in [-0.05, 0) is 55.7 Å². The van der Waals surface area contributed by atoms with Crippen LogP contribution in [0.4, 0.5) is 0 Å². The summed E-state index contributed by atoms with van der Waals surface area (Å²) in [5.41, 5.74) is 1.60. The van der Waals surface area contributed by atoms with Crippen LogP contribution < -0.4 is 5.32 Å². The second-order valence-electron chi connectivity index (χ2n) is 6.42. The summed E-state index contributed by atoms with van der Waals surface area (Å²) in [5, 5.41) is 3.03. The molecule has 1 N–H and O–H groups in total. The van der Waals surface area contributed by atoms with Crippen molar-refractivity contribution in [1.29, 1.82) is 0 Å². The molecule has 1 heterocycles. The van der Waals surface area contributed by atoms with Crippen LogP contribution in [0.2, 0.25) is 0 Å². The molecule has 26 heavy (non-hydrogen) atoms. The van der Waals surface area contributed by atoms with Crippen molar-refractivity contribution < 1.29 is 13.2 Å². The standard InChI is InChI=1S/C19H21BrN2O3S/c1-14-4-2-3-5-18(14)19(23)21-16-10-12-22(13-11-16)26(24,25)17-8-6-15(20)7-9-17/h2-9,16H,10-13H2,1H3,(H,21,23). The third-order valence-corrected chi connectivity index (χ3v) is 7.07. The minimum absolute atomic E-state index is 0.0153. The Kier molecular flexibility index (Phi) is 5.79. The molecule has 1 aliphatic heterocycles. The van der Waals surface area contributed by atoms with Crippen molar-refractivity contribution in [3.05, 3.63) is 64.1 Å². The van der Waals surface area contributed by atoms with Gasteiger partial charge < -0.3 is 5.32 Å². The molecular formula is C19H21BrN2O3S. The zero-order valence-corrected chi connectivity index (χ0v) is 16.9. The number of carbonyl (C=O) groups excluding carboxylic acids is 1. The van der Waals surface area contributed by atoms with E-state index in [0.717, 1.165) is 10.0 Å². The summed E-state index contributed by atoms with van der Waals surface area (Å²) in [4.78, 5) is 12.7. The molecule has 0 radical (unpaired) electrons. The summed E-state index contributed by atoms with van der Waals surface area (Å²) in [7, 11) is -3.49. The molecule has 2 aromatic rings. The van der Waals surface area contributed by atoms with Gasteiger partial charge in [0.15, 0.2) is 0 Å². The normalized spacial score (nSPS) is 16.4. The minimum atomic E-state index is -3.49. The van der Waals surface area contributed by atoms with Gasteiger partial charge in [0.1, 0.15) is 0 Å². The predicted octanol–water partition coefficient (Wildman–Crippen LogP) is 3.34. The van der Waals surface area contributed by atoms with Crippen molar-refractivity contribution in [2.45, 2.75) is 30.7 Å². The molecule has 138 valence electrons. The number of sulfonamides is 1. The maximum atomic E-state index is 12.7. The maximum absolute atomic E-state index is 12.7. The lowest BCUT2D eigenvalue weighted by Crippen LogP contribution is -2.46. The van der Waals surface area contributed by atoms with Crippen LogP contribution in [0.15, 0.2) is 57.9 Å². The van der Waals surface area contributed by atoms with Gasteiger partial charge in [-0.3, -0.25) is 4.79 Å². The number of hydrogen-bond donors (Lipinski definition) is 1. The second-order valence-corrected chi connectivity index (χ2v) is 9.27. The zero-order valence-electron chi connectivity index (χ0n) is 14.5. The van der Waals surface area contributed by atoms with E-state index in [1.807, 2.05) is 25.1 Å². The first-order chi connectivity index (χ1) is 12.4. The van der Waals surface area contributed by atoms with Crippen molar-refractivity contribution in [3.63, 3.8) is 0 Å². The minimum Gasteiger partial charge on any atom is -0.349 e. The van der Waals surface area contributed by atoms with E-state index in [4.69, 9.17) is 0 Å². The number of amides is 1. The van der Waals surface area contributed by atoms with Crippen molar-refractivity contribution in [2.75, 3.05) is 13.1 Å². The molecule has 0 atom stereocenters. The van der Waals surface area contributed by atoms with Crippen LogP contribution in [0.5, 0.6) is 0 Å². The number of benzene rings is 2. The molecule has 5 nitrogen and oxygen atoms in total. The van der Waals surface area contributed by atoms with E-state index in [9.17, 15) is 13.2 Å². The van der Waals surface area contributed by atoms with E-state index in [1.54, 1.807) is 30.3 Å². The van der Waals surface area contributed by atoms with Crippen LogP contribution in [-0.2, 0) is 10.0 Å². The highest BCUT2D eigenvalue weighted by Crippen LogP contribution is 2.22. The van der Waals surface area contributed by atoms with Crippen molar-refractivity contribution in [2.24, 2.45) is 0 Å². The van der Waals surface area contributed by atoms with Crippen LogP contribution in [-0.4, -0.2) is 37.8 Å². The molecule has 1 amide bonds. The fourth-order valence-corrected chi connectivity index (χ4v) is 4.82. The molecule has 7 heteroatoms. The first-order valence-electron chi connectivity index (χ1n) is 8.50. The SMILES string of the molecule is Cc1ccccc1C(=O)NC1CCN(S(=O)(=O)c2ccc(Br)cc2)CC1. The highest BCUT2D eigenvalue weighted by Gasteiger charge is 2.30. The van der Waals surface area contributed by atoms with E-state index in [-0.39, 0.29) is 11.9 Å². The average molecular weight is 437 g/mol. The van der Waals surface area contributed by atoms with E-state index >= 15 is 0 Å². The second kappa shape index (κ2) is 7.90. The molecular weight excluding hydrogens is 416 g/mol. The van der Waals surface area contributed by atoms with E-state index in [1.165, 1.54) is 4.31 Å². The molecule has 0 spiro atoms. The molecule has 0 saturated carbocycles. The molecule has 0 aliphatic carbocycles. The van der Waals surface area contributed by atoms with Crippen LogP contribution >= 0.6 is 15.9 Å². The third kappa shape index (κ3) is 4.16. The lowest BCUT2D eigenvalue weighted by atomic mass is 10.0. The highest BCUT2D eigenvalue weighted by molar-refractivity contribution is 9.10. The number of nitrogens with zero attached hydrogens (tertiary/aromatic N) is 1. The van der Waals surface area contributed by atoms with Crippen LogP contribution in [0.3, 0.4) is 0 Å². The largest absolute Gasteiger partial charge is 0.349 e. The monoisotopic (exact) mass is 436 g/mol. The Hall–Kier alpha value is -1.70. The Morgan fingerprint density at radius 2 is 1.69 bits per heavy atom. The van der Waals surface area contributed by atoms with Crippen molar-refractivity contribution in [1.82, 2.24) is 9.62 Å². The maximum Gasteiger partial charge on any atom is 0.251 e. The van der Waals surface area contributed by atoms with Gasteiger partial charge in [-0.2, -0.15) is 4.31 Å². The van der Waals surface area contributed by atoms with Gasteiger partial charge >= 0.3 is 0 Å². The summed E-state index contributed by atoms with van der Waals surface area (Å²) in [6.07, 6.45) is 1.21. The van der Waals surface area contributed by atoms with E-state index in [0.29, 0.717) is 36.4 Å². The van der Waals surface area contributed by atoms with Gasteiger partial charge in [-0.1, -0.05) is 34.1 Å². The number of rotatable bonds is 4. The predicted molar refractivity (Wildman–Crippen MR) is 105 cm³/mol. The zero-order chi connectivity index (χ0) is 18.7. The van der Waals surface area contributed by atoms with Gasteiger partial charge in [-0.15, -0.1) is 0 Å². The number of aryl methyl sites for hydroxylation is 1. The summed E-state index contributed by atoms with van der Waals surface area (Å²) in [6, 6.07) is 14.1. The molecule has 1 fully saturated rings. The fraction of sp³-hybridized carbons (Fsp3) is 0.316. The van der Waals surface area contributed by atoms with Gasteiger partial charge in [0.05, 0.1) is 4.90 Å². The Morgan fingerprint density at radius 1 is 1.08 bits per heavy atom. The van der Waals surface area contributed by atoms with Gasteiger partial charge in [0.25, 0.3) is 5.91 Å². The molecule has 0 aromatic heterocycles. The average Bonchev–Trinajstić information content (AvgIpc) is 2.63. The molecule has 0 unspecified atom stereocenters. The quantitative estimate of drug-likeness (QED) is 0.798. The summed E-state index contributed by atoms with van der Waals surface area (Å²) in [6.45, 7) is 2.70. The smallest absolute Gasteiger partial charge is 0.251 e. The topological polar surface area (TPSA) is 66.5 Å². The van der Waals surface area contributed by atoms with Gasteiger partial charge in [0, 0.05) is 29.2 Å². The highest BCUT2D eigenvalue weighted by atomic mass is 79.9. The molecule has 3 rings (SSSR count). The van der Waals surface area contributed by atoms with Gasteiger partial charge in [-0.25, -0.2) is 8.42 Å². The summed E-state index contributed by atoms with van der Waals surface area (Å²) < 4.78 is 27.8. The molecule has 1 aliphatic rings. The Morgan fingerprint density at radius 3 is 2.31 bits per heavy atom. The van der Waals surface area contributed by atoms with E-state index < -0.39 is 10.0 Å².